The van der Waals surface area contributed by atoms with Crippen LogP contribution in [0.2, 0.25) is 0 Å². The van der Waals surface area contributed by atoms with Gasteiger partial charge in [0.05, 0.1) is 12.1 Å². The third-order valence-electron chi connectivity index (χ3n) is 4.11. The third kappa shape index (κ3) is 4.45. The summed E-state index contributed by atoms with van der Waals surface area (Å²) in [5.74, 6) is -0.0952. The van der Waals surface area contributed by atoms with E-state index in [1.165, 1.54) is 12.8 Å². The van der Waals surface area contributed by atoms with Crippen LogP contribution in [0.4, 0.5) is 0 Å². The summed E-state index contributed by atoms with van der Waals surface area (Å²) in [6.07, 6.45) is 5.05. The fourth-order valence-corrected chi connectivity index (χ4v) is 2.92. The predicted octanol–water partition coefficient (Wildman–Crippen LogP) is -0.0716. The summed E-state index contributed by atoms with van der Waals surface area (Å²) < 4.78 is 5.28. The lowest BCUT2D eigenvalue weighted by Gasteiger charge is -2.18. The van der Waals surface area contributed by atoms with Gasteiger partial charge in [0.15, 0.2) is 0 Å². The molecule has 1 saturated heterocycles. The molecule has 1 aliphatic carbocycles. The molecule has 0 bridgehead atoms. The van der Waals surface area contributed by atoms with Gasteiger partial charge in [-0.25, -0.2) is 0 Å². The molecule has 1 aliphatic heterocycles. The Morgan fingerprint density at radius 2 is 1.75 bits per heavy atom. The predicted molar refractivity (Wildman–Crippen MR) is 75.2 cm³/mol. The minimum Gasteiger partial charge on any atom is -0.378 e. The fraction of sp³-hybridized carbons (Fsp3) is 0.857. The van der Waals surface area contributed by atoms with Gasteiger partial charge in [-0.15, -0.1) is 0 Å². The van der Waals surface area contributed by atoms with Gasteiger partial charge in [0.2, 0.25) is 11.8 Å². The van der Waals surface area contributed by atoms with Crippen LogP contribution >= 0.6 is 0 Å². The van der Waals surface area contributed by atoms with Gasteiger partial charge in [0.25, 0.3) is 0 Å². The molecule has 2 amide bonds. The third-order valence-corrected chi connectivity index (χ3v) is 4.11. The van der Waals surface area contributed by atoms with Crippen LogP contribution in [0.5, 0.6) is 0 Å². The van der Waals surface area contributed by atoms with Crippen molar-refractivity contribution in [3.63, 3.8) is 0 Å². The maximum absolute atomic E-state index is 11.8. The van der Waals surface area contributed by atoms with Crippen molar-refractivity contribution in [3.8, 4) is 0 Å². The van der Waals surface area contributed by atoms with E-state index in [0.717, 1.165) is 25.9 Å². The van der Waals surface area contributed by atoms with E-state index in [0.29, 0.717) is 6.04 Å². The van der Waals surface area contributed by atoms with Crippen LogP contribution in [0.3, 0.4) is 0 Å². The number of carbonyl (C=O) groups is 2. The first kappa shape index (κ1) is 15.3. The molecule has 2 atom stereocenters. The number of rotatable bonds is 6. The molecule has 0 radical (unpaired) electrons. The van der Waals surface area contributed by atoms with Crippen molar-refractivity contribution in [3.05, 3.63) is 0 Å². The number of methoxy groups -OCH3 is 1. The smallest absolute Gasteiger partial charge is 0.220 e. The molecule has 2 rings (SSSR count). The Balaban J connectivity index is 1.63. The van der Waals surface area contributed by atoms with Gasteiger partial charge in [-0.05, 0) is 12.8 Å². The number of nitrogens with one attached hydrogen (secondary N) is 3. The highest BCUT2D eigenvalue weighted by atomic mass is 16.5. The maximum Gasteiger partial charge on any atom is 0.220 e. The first-order valence-corrected chi connectivity index (χ1v) is 7.51. The molecule has 6 heteroatoms. The van der Waals surface area contributed by atoms with Crippen LogP contribution in [-0.4, -0.2) is 50.2 Å². The molecule has 1 heterocycles. The topological polar surface area (TPSA) is 79.5 Å². The molecular formula is C14H25N3O3. The Hall–Kier alpha value is -1.14. The quantitative estimate of drug-likeness (QED) is 0.637. The van der Waals surface area contributed by atoms with Gasteiger partial charge in [-0.3, -0.25) is 9.59 Å². The van der Waals surface area contributed by atoms with Crippen molar-refractivity contribution >= 4 is 11.8 Å². The van der Waals surface area contributed by atoms with Gasteiger partial charge < -0.3 is 20.7 Å². The van der Waals surface area contributed by atoms with Crippen molar-refractivity contribution in [2.75, 3.05) is 20.2 Å². The van der Waals surface area contributed by atoms with E-state index in [9.17, 15) is 9.59 Å². The van der Waals surface area contributed by atoms with E-state index >= 15 is 0 Å². The van der Waals surface area contributed by atoms with Crippen LogP contribution in [-0.2, 0) is 14.3 Å². The Labute approximate surface area is 120 Å². The highest BCUT2D eigenvalue weighted by molar-refractivity contribution is 5.84. The Bertz CT molecular complexity index is 343. The SMILES string of the molecule is CO[C@H]1CNC[C@@H]1NC(=O)CCC(=O)NC1CCCC1. The molecule has 6 nitrogen and oxygen atoms in total. The Kier molecular flexibility index (Phi) is 5.79. The number of hydrogen-bond donors (Lipinski definition) is 3. The highest BCUT2D eigenvalue weighted by Gasteiger charge is 2.28. The molecule has 0 aromatic heterocycles. The summed E-state index contributed by atoms with van der Waals surface area (Å²) in [5.41, 5.74) is 0. The lowest BCUT2D eigenvalue weighted by Crippen LogP contribution is -2.44. The standard InChI is InChI=1S/C14H25N3O3/c1-20-12-9-15-8-11(12)17-14(19)7-6-13(18)16-10-4-2-3-5-10/h10-12,15H,2-9H2,1H3,(H,16,18)(H,17,19)/t11-,12-/m0/s1. The molecule has 20 heavy (non-hydrogen) atoms. The summed E-state index contributed by atoms with van der Waals surface area (Å²) in [7, 11) is 1.64. The maximum atomic E-state index is 11.8. The molecule has 1 saturated carbocycles. The first-order chi connectivity index (χ1) is 9.69. The molecule has 0 spiro atoms. The van der Waals surface area contributed by atoms with Crippen molar-refractivity contribution in [1.29, 1.82) is 0 Å². The van der Waals surface area contributed by atoms with Crippen molar-refractivity contribution < 1.29 is 14.3 Å². The molecule has 3 N–H and O–H groups in total. The van der Waals surface area contributed by atoms with Crippen LogP contribution in [0.15, 0.2) is 0 Å². The van der Waals surface area contributed by atoms with Crippen LogP contribution in [0.25, 0.3) is 0 Å². The lowest BCUT2D eigenvalue weighted by molar-refractivity contribution is -0.127. The second-order valence-electron chi connectivity index (χ2n) is 5.66. The Morgan fingerprint density at radius 1 is 1.10 bits per heavy atom. The van der Waals surface area contributed by atoms with E-state index in [1.54, 1.807) is 7.11 Å². The van der Waals surface area contributed by atoms with E-state index in [1.807, 2.05) is 0 Å². The average Bonchev–Trinajstić information content (AvgIpc) is 3.07. The number of amides is 2. The van der Waals surface area contributed by atoms with Gasteiger partial charge >= 0.3 is 0 Å². The zero-order chi connectivity index (χ0) is 14.4. The minimum absolute atomic E-state index is 0.00499. The van der Waals surface area contributed by atoms with E-state index in [2.05, 4.69) is 16.0 Å². The monoisotopic (exact) mass is 283 g/mol. The largest absolute Gasteiger partial charge is 0.378 e. The molecule has 2 fully saturated rings. The molecule has 2 aliphatic rings. The summed E-state index contributed by atoms with van der Waals surface area (Å²) in [6, 6.07) is 0.327. The summed E-state index contributed by atoms with van der Waals surface area (Å²) in [4.78, 5) is 23.6. The average molecular weight is 283 g/mol. The second-order valence-corrected chi connectivity index (χ2v) is 5.66. The fourth-order valence-electron chi connectivity index (χ4n) is 2.92. The van der Waals surface area contributed by atoms with E-state index < -0.39 is 0 Å². The first-order valence-electron chi connectivity index (χ1n) is 7.51. The van der Waals surface area contributed by atoms with Crippen LogP contribution in [0.1, 0.15) is 38.5 Å². The molecule has 0 unspecified atom stereocenters. The molecule has 114 valence electrons. The van der Waals surface area contributed by atoms with Gasteiger partial charge in [-0.2, -0.15) is 0 Å². The normalized spacial score (nSPS) is 26.6. The Morgan fingerprint density at radius 3 is 2.40 bits per heavy atom. The second kappa shape index (κ2) is 7.59. The zero-order valence-electron chi connectivity index (χ0n) is 12.1. The highest BCUT2D eigenvalue weighted by Crippen LogP contribution is 2.17. The van der Waals surface area contributed by atoms with Crippen molar-refractivity contribution in [1.82, 2.24) is 16.0 Å². The van der Waals surface area contributed by atoms with Gasteiger partial charge in [-0.1, -0.05) is 12.8 Å². The number of hydrogen-bond acceptors (Lipinski definition) is 4. The van der Waals surface area contributed by atoms with Crippen LogP contribution in [0, 0.1) is 0 Å². The summed E-state index contributed by atoms with van der Waals surface area (Å²) in [5, 5.41) is 9.09. The summed E-state index contributed by atoms with van der Waals surface area (Å²) in [6.45, 7) is 1.47. The van der Waals surface area contributed by atoms with Crippen molar-refractivity contribution in [2.24, 2.45) is 0 Å². The van der Waals surface area contributed by atoms with Gasteiger partial charge in [0.1, 0.15) is 0 Å². The number of carbonyl (C=O) groups excluding carboxylic acids is 2. The summed E-state index contributed by atoms with van der Waals surface area (Å²) >= 11 is 0. The van der Waals surface area contributed by atoms with E-state index in [4.69, 9.17) is 4.74 Å². The lowest BCUT2D eigenvalue weighted by atomic mass is 10.2. The van der Waals surface area contributed by atoms with Crippen LogP contribution < -0.4 is 16.0 Å². The molecule has 0 aromatic carbocycles. The van der Waals surface area contributed by atoms with E-state index in [-0.39, 0.29) is 36.8 Å². The molecule has 0 aromatic rings. The molecular weight excluding hydrogens is 258 g/mol. The van der Waals surface area contributed by atoms with Gasteiger partial charge in [0, 0.05) is 39.1 Å². The number of ether oxygens (including phenoxy) is 1. The zero-order valence-corrected chi connectivity index (χ0v) is 12.1. The minimum atomic E-state index is -0.0812. The van der Waals surface area contributed by atoms with Crippen molar-refractivity contribution in [2.45, 2.75) is 56.7 Å².